The summed E-state index contributed by atoms with van der Waals surface area (Å²) in [5, 5.41) is 5.02. The smallest absolute Gasteiger partial charge is 0.0715 e. The second kappa shape index (κ2) is 7.59. The summed E-state index contributed by atoms with van der Waals surface area (Å²) < 4.78 is 6.82. The van der Waals surface area contributed by atoms with Crippen LogP contribution in [0.3, 0.4) is 0 Å². The molecule has 0 saturated heterocycles. The molecule has 2 aromatic heterocycles. The summed E-state index contributed by atoms with van der Waals surface area (Å²) >= 11 is 7.57. The van der Waals surface area contributed by atoms with Gasteiger partial charge in [0.2, 0.25) is 0 Å². The second-order valence-electron chi connectivity index (χ2n) is 8.49. The molecule has 2 heterocycles. The van der Waals surface area contributed by atoms with Crippen LogP contribution in [0.4, 0.5) is 0 Å². The molecule has 4 heteroatoms. The molecule has 0 fully saturated rings. The Morgan fingerprint density at radius 3 is 0.941 bits per heavy atom. The third-order valence-electron chi connectivity index (χ3n) is 6.66. The van der Waals surface area contributed by atoms with Gasteiger partial charge < -0.3 is 9.13 Å². The summed E-state index contributed by atoms with van der Waals surface area (Å²) in [6.45, 7) is 0. The number of rotatable bonds is 2. The van der Waals surface area contributed by atoms with E-state index >= 15 is 0 Å². The van der Waals surface area contributed by atoms with Crippen LogP contribution in [-0.2, 0) is 0 Å². The van der Waals surface area contributed by atoms with Crippen LogP contribution >= 0.6 is 31.9 Å². The van der Waals surface area contributed by atoms with E-state index in [-0.39, 0.29) is 0 Å². The molecule has 0 spiro atoms. The Hall–Kier alpha value is -3.34. The van der Waals surface area contributed by atoms with Gasteiger partial charge in [-0.2, -0.15) is 0 Å². The number of para-hydroxylation sites is 4. The van der Waals surface area contributed by atoms with E-state index in [0.717, 1.165) is 20.3 Å². The van der Waals surface area contributed by atoms with E-state index in [9.17, 15) is 0 Å². The second-order valence-corrected chi connectivity index (χ2v) is 10.2. The summed E-state index contributed by atoms with van der Waals surface area (Å²) in [5.41, 5.74) is 7.03. The molecule has 34 heavy (non-hydrogen) atoms. The Bertz CT molecular complexity index is 1650. The van der Waals surface area contributed by atoms with Crippen molar-refractivity contribution in [2.75, 3.05) is 0 Å². The molecule has 0 saturated carbocycles. The minimum absolute atomic E-state index is 1.02. The van der Waals surface area contributed by atoms with E-state index in [4.69, 9.17) is 0 Å². The normalized spacial score (nSPS) is 11.8. The number of hydrogen-bond acceptors (Lipinski definition) is 0. The summed E-state index contributed by atoms with van der Waals surface area (Å²) in [7, 11) is 0. The van der Waals surface area contributed by atoms with Gasteiger partial charge in [0, 0.05) is 30.5 Å². The molecule has 7 rings (SSSR count). The Labute approximate surface area is 213 Å². The lowest BCUT2D eigenvalue weighted by atomic mass is 10.2. The zero-order valence-corrected chi connectivity index (χ0v) is 21.2. The average Bonchev–Trinajstić information content (AvgIpc) is 3.39. The number of aromatic nitrogens is 2. The van der Waals surface area contributed by atoms with Gasteiger partial charge >= 0.3 is 0 Å². The average molecular weight is 566 g/mol. The number of fused-ring (bicyclic) bond motifs is 6. The molecule has 0 atom stereocenters. The van der Waals surface area contributed by atoms with Crippen molar-refractivity contribution in [1.82, 2.24) is 9.13 Å². The lowest BCUT2D eigenvalue weighted by molar-refractivity contribution is 1.09. The lowest BCUT2D eigenvalue weighted by Crippen LogP contribution is -2.04. The van der Waals surface area contributed by atoms with E-state index in [2.05, 4.69) is 150 Å². The maximum atomic E-state index is 3.79. The molecule has 5 aromatic carbocycles. The van der Waals surface area contributed by atoms with E-state index in [1.54, 1.807) is 0 Å². The first-order valence-electron chi connectivity index (χ1n) is 11.2. The predicted molar refractivity (Wildman–Crippen MR) is 151 cm³/mol. The lowest BCUT2D eigenvalue weighted by Gasteiger charge is -2.18. The fraction of sp³-hybridized carbons (Fsp3) is 0. The summed E-state index contributed by atoms with van der Waals surface area (Å²) in [4.78, 5) is 0. The Morgan fingerprint density at radius 1 is 0.382 bits per heavy atom. The van der Waals surface area contributed by atoms with Crippen LogP contribution in [0.5, 0.6) is 0 Å². The maximum absolute atomic E-state index is 3.79. The molecule has 0 bridgehead atoms. The molecular weight excluding hydrogens is 548 g/mol. The van der Waals surface area contributed by atoms with E-state index < -0.39 is 0 Å². The molecule has 7 aromatic rings. The third kappa shape index (κ3) is 2.79. The molecule has 0 aliphatic carbocycles. The number of benzene rings is 5. The van der Waals surface area contributed by atoms with Crippen molar-refractivity contribution in [2.24, 2.45) is 0 Å². The fourth-order valence-electron chi connectivity index (χ4n) is 5.25. The number of nitrogens with zero attached hydrogens (tertiary/aromatic N) is 2. The van der Waals surface area contributed by atoms with E-state index in [0.29, 0.717) is 0 Å². The van der Waals surface area contributed by atoms with Gasteiger partial charge in [-0.05, 0) is 68.3 Å². The first-order valence-corrected chi connectivity index (χ1v) is 12.8. The van der Waals surface area contributed by atoms with Crippen molar-refractivity contribution in [1.29, 1.82) is 0 Å². The van der Waals surface area contributed by atoms with Crippen LogP contribution in [0.25, 0.3) is 55.0 Å². The van der Waals surface area contributed by atoms with Crippen molar-refractivity contribution >= 4 is 75.5 Å². The van der Waals surface area contributed by atoms with Crippen molar-refractivity contribution < 1.29 is 0 Å². The standard InChI is InChI=1S/C30H18Br2N2/c31-23-17-29(33-25-13-5-1-9-19(25)20-10-2-6-14-26(20)33)30(18-24(23)32)34-27-15-7-3-11-21(27)22-12-4-8-16-28(22)34/h1-18H. The molecule has 162 valence electrons. The molecule has 0 unspecified atom stereocenters. The van der Waals surface area contributed by atoms with Gasteiger partial charge in [-0.1, -0.05) is 72.8 Å². The summed E-state index contributed by atoms with van der Waals surface area (Å²) in [5.74, 6) is 0. The van der Waals surface area contributed by atoms with Gasteiger partial charge in [0.1, 0.15) is 0 Å². The van der Waals surface area contributed by atoms with Gasteiger partial charge in [0.05, 0.1) is 33.4 Å². The van der Waals surface area contributed by atoms with Gasteiger partial charge in [-0.15, -0.1) is 0 Å². The largest absolute Gasteiger partial charge is 0.307 e. The highest BCUT2D eigenvalue weighted by atomic mass is 79.9. The SMILES string of the molecule is Brc1cc(-n2c3ccccc3c3ccccc32)c(-n2c3ccccc3c3ccccc32)cc1Br. The Balaban J connectivity index is 1.69. The van der Waals surface area contributed by atoms with Crippen LogP contribution in [0, 0.1) is 0 Å². The van der Waals surface area contributed by atoms with E-state index in [1.165, 1.54) is 43.6 Å². The number of hydrogen-bond donors (Lipinski definition) is 0. The van der Waals surface area contributed by atoms with Crippen molar-refractivity contribution in [3.8, 4) is 11.4 Å². The monoisotopic (exact) mass is 564 g/mol. The van der Waals surface area contributed by atoms with Crippen molar-refractivity contribution in [2.45, 2.75) is 0 Å². The van der Waals surface area contributed by atoms with E-state index in [1.807, 2.05) is 0 Å². The Kier molecular flexibility index (Phi) is 4.48. The highest BCUT2D eigenvalue weighted by Gasteiger charge is 2.20. The molecule has 2 nitrogen and oxygen atoms in total. The molecular formula is C30H18Br2N2. The first-order chi connectivity index (χ1) is 16.7. The molecule has 0 aliphatic rings. The van der Waals surface area contributed by atoms with Gasteiger partial charge in [0.25, 0.3) is 0 Å². The molecule has 0 aliphatic heterocycles. The zero-order valence-electron chi connectivity index (χ0n) is 18.0. The van der Waals surface area contributed by atoms with Crippen LogP contribution in [-0.4, -0.2) is 9.13 Å². The van der Waals surface area contributed by atoms with Gasteiger partial charge in [-0.3, -0.25) is 0 Å². The summed E-state index contributed by atoms with van der Waals surface area (Å²) in [6, 6.07) is 39.1. The fourth-order valence-corrected chi connectivity index (χ4v) is 5.91. The molecule has 0 radical (unpaired) electrons. The zero-order chi connectivity index (χ0) is 22.8. The predicted octanol–water partition coefficient (Wildman–Crippen LogP) is 9.41. The van der Waals surface area contributed by atoms with Crippen molar-refractivity contribution in [3.05, 3.63) is 118 Å². The quantitative estimate of drug-likeness (QED) is 0.197. The first kappa shape index (κ1) is 20.1. The van der Waals surface area contributed by atoms with Crippen LogP contribution < -0.4 is 0 Å². The highest BCUT2D eigenvalue weighted by Crippen LogP contribution is 2.40. The minimum atomic E-state index is 1.02. The van der Waals surface area contributed by atoms with Crippen molar-refractivity contribution in [3.63, 3.8) is 0 Å². The highest BCUT2D eigenvalue weighted by molar-refractivity contribution is 9.13. The van der Waals surface area contributed by atoms with Gasteiger partial charge in [-0.25, -0.2) is 0 Å². The van der Waals surface area contributed by atoms with Gasteiger partial charge in [0.15, 0.2) is 0 Å². The Morgan fingerprint density at radius 2 is 0.647 bits per heavy atom. The third-order valence-corrected chi connectivity index (χ3v) is 8.50. The summed E-state index contributed by atoms with van der Waals surface area (Å²) in [6.07, 6.45) is 0. The minimum Gasteiger partial charge on any atom is -0.307 e. The maximum Gasteiger partial charge on any atom is 0.0715 e. The number of halogens is 2. The van der Waals surface area contributed by atoms with Crippen LogP contribution in [0.2, 0.25) is 0 Å². The molecule has 0 N–H and O–H groups in total. The van der Waals surface area contributed by atoms with Crippen LogP contribution in [0.1, 0.15) is 0 Å². The molecule has 0 amide bonds. The topological polar surface area (TPSA) is 9.86 Å². The van der Waals surface area contributed by atoms with Crippen LogP contribution in [0.15, 0.2) is 118 Å².